The molecule has 2 aliphatic rings. The maximum absolute atomic E-state index is 14.6. The normalized spacial score (nSPS) is 19.4. The Kier molecular flexibility index (Phi) is 5.96. The molecule has 0 bridgehead atoms. The molecule has 1 saturated heterocycles. The number of nitrogens with zero attached hydrogens (tertiary/aromatic N) is 8. The first-order chi connectivity index (χ1) is 16.7. The molecular formula is C24H32FN9O. The Balaban J connectivity index is 1.57. The smallest absolute Gasteiger partial charge is 0.253 e. The topological polar surface area (TPSA) is 99.6 Å². The van der Waals surface area contributed by atoms with Gasteiger partial charge in [0.05, 0.1) is 17.6 Å². The van der Waals surface area contributed by atoms with Crippen LogP contribution in [0, 0.1) is 19.7 Å². The Labute approximate surface area is 203 Å². The minimum absolute atomic E-state index is 0.124. The highest BCUT2D eigenvalue weighted by Crippen LogP contribution is 2.41. The average molecular weight is 482 g/mol. The van der Waals surface area contributed by atoms with Crippen molar-refractivity contribution in [3.63, 3.8) is 0 Å². The number of hydrogen-bond acceptors (Lipinski definition) is 8. The molecule has 0 aromatic carbocycles. The highest BCUT2D eigenvalue weighted by molar-refractivity contribution is 5.71. The molecule has 10 nitrogen and oxygen atoms in total. The molecule has 1 saturated carbocycles. The van der Waals surface area contributed by atoms with Gasteiger partial charge in [-0.2, -0.15) is 19.8 Å². The van der Waals surface area contributed by atoms with E-state index >= 15 is 0 Å². The first kappa shape index (κ1) is 23.3. The van der Waals surface area contributed by atoms with Crippen LogP contribution in [-0.2, 0) is 7.05 Å². The van der Waals surface area contributed by atoms with E-state index in [1.54, 1.807) is 16.9 Å². The van der Waals surface area contributed by atoms with Crippen LogP contribution in [0.25, 0.3) is 0 Å². The van der Waals surface area contributed by atoms with Crippen LogP contribution in [-0.4, -0.2) is 67.3 Å². The van der Waals surface area contributed by atoms with Crippen LogP contribution in [0.4, 0.5) is 27.7 Å². The van der Waals surface area contributed by atoms with Crippen molar-refractivity contribution in [1.29, 1.82) is 0 Å². The standard InChI is InChI=1S/C24H32FN9O/c1-14-10-20(30-32(14)5)27-23-19(33-9-8-31(4)15(2)13-33)12-26-24(29-23)28-21-11-18(17-6-7-17)22(25)16(3)34(21)35/h10-12,15,17,35H,6-9,13H2,1-5H3,(H,26,27,29,30)/b28-21+/t15-/m1/s1. The van der Waals surface area contributed by atoms with E-state index in [1.165, 1.54) is 6.92 Å². The summed E-state index contributed by atoms with van der Waals surface area (Å²) in [5.41, 5.74) is 2.77. The van der Waals surface area contributed by atoms with Crippen molar-refractivity contribution < 1.29 is 9.60 Å². The fraction of sp³-hybridized carbons (Fsp3) is 0.500. The molecule has 186 valence electrons. The summed E-state index contributed by atoms with van der Waals surface area (Å²) >= 11 is 0. The summed E-state index contributed by atoms with van der Waals surface area (Å²) in [6.45, 7) is 8.32. The number of nitrogens with one attached hydrogen (secondary N) is 1. The number of aryl methyl sites for hydroxylation is 2. The van der Waals surface area contributed by atoms with Gasteiger partial charge in [-0.05, 0) is 58.2 Å². The van der Waals surface area contributed by atoms with Gasteiger partial charge in [0.1, 0.15) is 5.82 Å². The Bertz CT molecular complexity index is 1310. The minimum Gasteiger partial charge on any atom is -0.427 e. The first-order valence-corrected chi connectivity index (χ1v) is 12.0. The van der Waals surface area contributed by atoms with Gasteiger partial charge < -0.3 is 20.3 Å². The summed E-state index contributed by atoms with van der Waals surface area (Å²) in [5.74, 6) is 1.21. The second-order valence-electron chi connectivity index (χ2n) is 9.65. The van der Waals surface area contributed by atoms with E-state index in [4.69, 9.17) is 4.98 Å². The minimum atomic E-state index is -0.387. The summed E-state index contributed by atoms with van der Waals surface area (Å²) in [6, 6.07) is 3.92. The maximum Gasteiger partial charge on any atom is 0.253 e. The lowest BCUT2D eigenvalue weighted by molar-refractivity contribution is 0.160. The van der Waals surface area contributed by atoms with Crippen molar-refractivity contribution in [1.82, 2.24) is 29.4 Å². The summed E-state index contributed by atoms with van der Waals surface area (Å²) in [4.78, 5) is 18.2. The monoisotopic (exact) mass is 481 g/mol. The summed E-state index contributed by atoms with van der Waals surface area (Å²) in [5, 5.41) is 18.3. The van der Waals surface area contributed by atoms with Gasteiger partial charge in [-0.1, -0.05) is 0 Å². The average Bonchev–Trinajstić information content (AvgIpc) is 3.61. The van der Waals surface area contributed by atoms with Crippen LogP contribution < -0.4 is 15.7 Å². The van der Waals surface area contributed by atoms with E-state index in [2.05, 4.69) is 44.2 Å². The lowest BCUT2D eigenvalue weighted by Crippen LogP contribution is -2.50. The third kappa shape index (κ3) is 4.60. The summed E-state index contributed by atoms with van der Waals surface area (Å²) < 4.78 is 17.2. The molecule has 4 heterocycles. The van der Waals surface area contributed by atoms with E-state index in [9.17, 15) is 9.60 Å². The van der Waals surface area contributed by atoms with Crippen LogP contribution in [0.5, 0.6) is 0 Å². The quantitative estimate of drug-likeness (QED) is 0.541. The number of aromatic nitrogens is 5. The largest absolute Gasteiger partial charge is 0.427 e. The molecular weight excluding hydrogens is 449 g/mol. The van der Waals surface area contributed by atoms with Crippen LogP contribution >= 0.6 is 0 Å². The zero-order valence-electron chi connectivity index (χ0n) is 20.8. The molecule has 0 unspecified atom stereocenters. The lowest BCUT2D eigenvalue weighted by Gasteiger charge is -2.39. The second-order valence-corrected chi connectivity index (χ2v) is 9.65. The second kappa shape index (κ2) is 8.95. The van der Waals surface area contributed by atoms with Gasteiger partial charge in [-0.15, -0.1) is 0 Å². The molecule has 3 aromatic rings. The van der Waals surface area contributed by atoms with E-state index in [0.29, 0.717) is 23.2 Å². The molecule has 11 heteroatoms. The van der Waals surface area contributed by atoms with Gasteiger partial charge in [0.15, 0.2) is 17.1 Å². The number of pyridine rings is 1. The van der Waals surface area contributed by atoms with Crippen molar-refractivity contribution in [3.8, 4) is 0 Å². The summed E-state index contributed by atoms with van der Waals surface area (Å²) in [6.07, 6.45) is 3.64. The maximum atomic E-state index is 14.6. The van der Waals surface area contributed by atoms with Gasteiger partial charge in [0.25, 0.3) is 5.95 Å². The Hall–Kier alpha value is -3.47. The fourth-order valence-corrected chi connectivity index (χ4v) is 4.36. The Morgan fingerprint density at radius 3 is 2.60 bits per heavy atom. The van der Waals surface area contributed by atoms with Gasteiger partial charge in [-0.3, -0.25) is 4.68 Å². The molecule has 3 aromatic heterocycles. The van der Waals surface area contributed by atoms with Crippen molar-refractivity contribution in [2.24, 2.45) is 12.0 Å². The van der Waals surface area contributed by atoms with Crippen LogP contribution in [0.2, 0.25) is 0 Å². The SMILES string of the molecule is Cc1cc(Nc2nc(/N=c3\cc(C4CC4)c(F)c(C)n3O)ncc2N2CCN(C)[C@H](C)C2)nn1C. The number of halogens is 1. The fourth-order valence-electron chi connectivity index (χ4n) is 4.36. The van der Waals surface area contributed by atoms with E-state index in [0.717, 1.165) is 48.6 Å². The molecule has 1 aliphatic heterocycles. The third-order valence-corrected chi connectivity index (χ3v) is 7.04. The first-order valence-electron chi connectivity index (χ1n) is 12.0. The van der Waals surface area contributed by atoms with E-state index in [-0.39, 0.29) is 28.9 Å². The Morgan fingerprint density at radius 2 is 1.94 bits per heavy atom. The number of hydrogen-bond donors (Lipinski definition) is 2. The van der Waals surface area contributed by atoms with E-state index in [1.807, 2.05) is 20.0 Å². The number of piperazine rings is 1. The van der Waals surface area contributed by atoms with Crippen LogP contribution in [0.15, 0.2) is 23.3 Å². The van der Waals surface area contributed by atoms with Crippen molar-refractivity contribution in [3.05, 3.63) is 46.6 Å². The summed E-state index contributed by atoms with van der Waals surface area (Å²) in [7, 11) is 4.01. The third-order valence-electron chi connectivity index (χ3n) is 7.04. The van der Waals surface area contributed by atoms with Crippen molar-refractivity contribution >= 4 is 23.3 Å². The molecule has 1 atom stereocenters. The number of likely N-dealkylation sites (N-methyl/N-ethyl adjacent to an activating group) is 1. The zero-order valence-corrected chi connectivity index (χ0v) is 20.8. The predicted molar refractivity (Wildman–Crippen MR) is 131 cm³/mol. The van der Waals surface area contributed by atoms with Crippen LogP contribution in [0.3, 0.4) is 0 Å². The molecule has 0 amide bonds. The van der Waals surface area contributed by atoms with Gasteiger partial charge in [-0.25, -0.2) is 9.37 Å². The van der Waals surface area contributed by atoms with Gasteiger partial charge in [0.2, 0.25) is 0 Å². The van der Waals surface area contributed by atoms with Crippen molar-refractivity contribution in [2.75, 3.05) is 36.9 Å². The Morgan fingerprint density at radius 1 is 1.17 bits per heavy atom. The lowest BCUT2D eigenvalue weighted by atomic mass is 10.1. The number of anilines is 3. The molecule has 2 N–H and O–H groups in total. The van der Waals surface area contributed by atoms with Crippen molar-refractivity contribution in [2.45, 2.75) is 45.6 Å². The molecule has 0 radical (unpaired) electrons. The number of rotatable bonds is 5. The van der Waals surface area contributed by atoms with Crippen LogP contribution in [0.1, 0.15) is 42.6 Å². The predicted octanol–water partition coefficient (Wildman–Crippen LogP) is 3.00. The molecule has 5 rings (SSSR count). The molecule has 1 aliphatic carbocycles. The molecule has 0 spiro atoms. The van der Waals surface area contributed by atoms with E-state index < -0.39 is 0 Å². The molecule has 35 heavy (non-hydrogen) atoms. The van der Waals surface area contributed by atoms with Gasteiger partial charge >= 0.3 is 0 Å². The molecule has 2 fully saturated rings. The highest BCUT2D eigenvalue weighted by atomic mass is 19.1. The zero-order chi connectivity index (χ0) is 24.9. The highest BCUT2D eigenvalue weighted by Gasteiger charge is 2.29. The van der Waals surface area contributed by atoms with Gasteiger partial charge in [0, 0.05) is 44.5 Å².